The molecule has 1 N–H and O–H groups in total. The lowest BCUT2D eigenvalue weighted by atomic mass is 10.2. The highest BCUT2D eigenvalue weighted by molar-refractivity contribution is 7.12. The Labute approximate surface area is 143 Å². The zero-order valence-electron chi connectivity index (χ0n) is 12.9. The average Bonchev–Trinajstić information content (AvgIpc) is 3.33. The first-order valence-corrected chi connectivity index (χ1v) is 8.65. The fraction of sp³-hybridized carbons (Fsp3) is 0.294. The molecule has 7 heteroatoms. The summed E-state index contributed by atoms with van der Waals surface area (Å²) in [6.07, 6.45) is 1.50. The summed E-state index contributed by atoms with van der Waals surface area (Å²) < 4.78 is 10.6. The number of thiophene rings is 1. The topological polar surface area (TPSA) is 67.9 Å². The van der Waals surface area contributed by atoms with E-state index >= 15 is 0 Å². The van der Waals surface area contributed by atoms with Crippen molar-refractivity contribution in [2.75, 3.05) is 18.7 Å². The molecule has 0 aliphatic carbocycles. The highest BCUT2D eigenvalue weighted by Gasteiger charge is 2.35. The molecule has 4 rings (SSSR count). The Kier molecular flexibility index (Phi) is 3.86. The van der Waals surface area contributed by atoms with Crippen molar-refractivity contribution in [3.63, 3.8) is 0 Å². The molecule has 2 aliphatic heterocycles. The quantitative estimate of drug-likeness (QED) is 0.930. The number of fused-ring (bicyclic) bond motifs is 1. The van der Waals surface area contributed by atoms with Crippen molar-refractivity contribution in [1.29, 1.82) is 0 Å². The summed E-state index contributed by atoms with van der Waals surface area (Å²) in [6.45, 7) is 0.800. The molecule has 124 valence electrons. The molecule has 0 bridgehead atoms. The normalized spacial score (nSPS) is 18.7. The molecule has 1 atom stereocenters. The number of anilines is 1. The molecule has 0 saturated carbocycles. The summed E-state index contributed by atoms with van der Waals surface area (Å²) in [5, 5.41) is 4.74. The van der Waals surface area contributed by atoms with Crippen LogP contribution in [0, 0.1) is 0 Å². The van der Waals surface area contributed by atoms with E-state index < -0.39 is 6.04 Å². The Hall–Kier alpha value is -2.54. The monoisotopic (exact) mass is 344 g/mol. The van der Waals surface area contributed by atoms with Crippen LogP contribution in [0.3, 0.4) is 0 Å². The molecular weight excluding hydrogens is 328 g/mol. The summed E-state index contributed by atoms with van der Waals surface area (Å²) >= 11 is 1.40. The van der Waals surface area contributed by atoms with E-state index in [2.05, 4.69) is 5.32 Å². The Morgan fingerprint density at radius 1 is 1.21 bits per heavy atom. The van der Waals surface area contributed by atoms with Gasteiger partial charge in [0.25, 0.3) is 5.91 Å². The van der Waals surface area contributed by atoms with Gasteiger partial charge in [-0.1, -0.05) is 6.07 Å². The van der Waals surface area contributed by atoms with E-state index in [0.717, 1.165) is 6.42 Å². The van der Waals surface area contributed by atoms with Crippen LogP contribution in [0.25, 0.3) is 0 Å². The van der Waals surface area contributed by atoms with E-state index in [-0.39, 0.29) is 18.6 Å². The molecule has 0 unspecified atom stereocenters. The Morgan fingerprint density at radius 2 is 2.08 bits per heavy atom. The van der Waals surface area contributed by atoms with Crippen LogP contribution in [-0.2, 0) is 4.79 Å². The van der Waals surface area contributed by atoms with Crippen LogP contribution < -0.4 is 14.8 Å². The highest BCUT2D eigenvalue weighted by atomic mass is 32.1. The van der Waals surface area contributed by atoms with Gasteiger partial charge in [0.05, 0.1) is 4.88 Å². The smallest absolute Gasteiger partial charge is 0.264 e. The number of benzene rings is 1. The van der Waals surface area contributed by atoms with Crippen molar-refractivity contribution in [3.05, 3.63) is 40.6 Å². The zero-order valence-corrected chi connectivity index (χ0v) is 13.7. The van der Waals surface area contributed by atoms with Crippen LogP contribution >= 0.6 is 11.3 Å². The van der Waals surface area contributed by atoms with Crippen LogP contribution in [0.1, 0.15) is 22.5 Å². The van der Waals surface area contributed by atoms with E-state index in [9.17, 15) is 9.59 Å². The van der Waals surface area contributed by atoms with Crippen molar-refractivity contribution in [3.8, 4) is 11.5 Å². The lowest BCUT2D eigenvalue weighted by Crippen LogP contribution is -2.42. The van der Waals surface area contributed by atoms with Crippen molar-refractivity contribution < 1.29 is 19.1 Å². The molecule has 0 radical (unpaired) electrons. The van der Waals surface area contributed by atoms with Gasteiger partial charge in [0, 0.05) is 18.3 Å². The summed E-state index contributed by atoms with van der Waals surface area (Å²) in [7, 11) is 0. The van der Waals surface area contributed by atoms with Crippen LogP contribution in [0.2, 0.25) is 0 Å². The summed E-state index contributed by atoms with van der Waals surface area (Å²) in [4.78, 5) is 27.5. The number of carbonyl (C=O) groups is 2. The standard InChI is InChI=1S/C17H16N2O4S/c20-16(18-11-5-6-13-14(9-11)23-10-22-13)12-3-1-7-19(12)17(21)15-4-2-8-24-15/h2,4-6,8-9,12H,1,3,7,10H2,(H,18,20)/t12-/m0/s1. The molecule has 1 fully saturated rings. The maximum Gasteiger partial charge on any atom is 0.264 e. The van der Waals surface area contributed by atoms with Crippen LogP contribution in [0.5, 0.6) is 11.5 Å². The average molecular weight is 344 g/mol. The van der Waals surface area contributed by atoms with Gasteiger partial charge in [-0.2, -0.15) is 0 Å². The summed E-state index contributed by atoms with van der Waals surface area (Å²) in [6, 6.07) is 8.46. The highest BCUT2D eigenvalue weighted by Crippen LogP contribution is 2.34. The van der Waals surface area contributed by atoms with E-state index in [0.29, 0.717) is 35.0 Å². The van der Waals surface area contributed by atoms with E-state index in [4.69, 9.17) is 9.47 Å². The van der Waals surface area contributed by atoms with Gasteiger partial charge in [0.1, 0.15) is 6.04 Å². The van der Waals surface area contributed by atoms with Crippen molar-refractivity contribution in [2.24, 2.45) is 0 Å². The van der Waals surface area contributed by atoms with Gasteiger partial charge in [0.2, 0.25) is 12.7 Å². The van der Waals surface area contributed by atoms with Crippen LogP contribution in [0.4, 0.5) is 5.69 Å². The fourth-order valence-corrected chi connectivity index (χ4v) is 3.70. The van der Waals surface area contributed by atoms with E-state index in [1.807, 2.05) is 11.4 Å². The number of hydrogen-bond donors (Lipinski definition) is 1. The molecule has 6 nitrogen and oxygen atoms in total. The number of carbonyl (C=O) groups excluding carboxylic acids is 2. The van der Waals surface area contributed by atoms with Gasteiger partial charge in [-0.25, -0.2) is 0 Å². The van der Waals surface area contributed by atoms with Gasteiger partial charge in [-0.05, 0) is 36.4 Å². The molecule has 24 heavy (non-hydrogen) atoms. The maximum atomic E-state index is 12.6. The molecule has 2 aromatic rings. The Balaban J connectivity index is 1.48. The number of nitrogens with zero attached hydrogens (tertiary/aromatic N) is 1. The third kappa shape index (κ3) is 2.71. The number of likely N-dealkylation sites (tertiary alicyclic amines) is 1. The third-order valence-electron chi connectivity index (χ3n) is 4.19. The van der Waals surface area contributed by atoms with E-state index in [1.165, 1.54) is 11.3 Å². The van der Waals surface area contributed by atoms with Gasteiger partial charge in [-0.3, -0.25) is 9.59 Å². The molecule has 2 aliphatic rings. The molecule has 1 saturated heterocycles. The number of rotatable bonds is 3. The predicted octanol–water partition coefficient (Wildman–Crippen LogP) is 2.72. The first kappa shape index (κ1) is 15.0. The van der Waals surface area contributed by atoms with Crippen molar-refractivity contribution >= 4 is 28.8 Å². The summed E-state index contributed by atoms with van der Waals surface area (Å²) in [5.74, 6) is 1.04. The molecule has 1 aromatic heterocycles. The largest absolute Gasteiger partial charge is 0.454 e. The second kappa shape index (κ2) is 6.16. The Bertz CT molecular complexity index is 775. The third-order valence-corrected chi connectivity index (χ3v) is 5.05. The van der Waals surface area contributed by atoms with E-state index in [1.54, 1.807) is 29.2 Å². The minimum Gasteiger partial charge on any atom is -0.454 e. The Morgan fingerprint density at radius 3 is 2.92 bits per heavy atom. The number of amides is 2. The lowest BCUT2D eigenvalue weighted by Gasteiger charge is -2.23. The first-order chi connectivity index (χ1) is 11.7. The van der Waals surface area contributed by atoms with Crippen LogP contribution in [-0.4, -0.2) is 36.1 Å². The van der Waals surface area contributed by atoms with Crippen molar-refractivity contribution in [1.82, 2.24) is 4.90 Å². The maximum absolute atomic E-state index is 12.6. The first-order valence-electron chi connectivity index (χ1n) is 7.77. The fourth-order valence-electron chi connectivity index (χ4n) is 3.02. The number of hydrogen-bond acceptors (Lipinski definition) is 5. The minimum absolute atomic E-state index is 0.0756. The molecular formula is C17H16N2O4S. The number of nitrogens with one attached hydrogen (secondary N) is 1. The van der Waals surface area contributed by atoms with Gasteiger partial charge < -0.3 is 19.7 Å². The molecule has 0 spiro atoms. The van der Waals surface area contributed by atoms with Crippen LogP contribution in [0.15, 0.2) is 35.7 Å². The minimum atomic E-state index is -0.440. The van der Waals surface area contributed by atoms with Crippen molar-refractivity contribution in [2.45, 2.75) is 18.9 Å². The number of ether oxygens (including phenoxy) is 2. The van der Waals surface area contributed by atoms with Gasteiger partial charge >= 0.3 is 0 Å². The predicted molar refractivity (Wildman–Crippen MR) is 89.6 cm³/mol. The lowest BCUT2D eigenvalue weighted by molar-refractivity contribution is -0.119. The second-order valence-corrected chi connectivity index (χ2v) is 6.64. The SMILES string of the molecule is O=C(Nc1ccc2c(c1)OCO2)[C@@H]1CCCN1C(=O)c1cccs1. The molecule has 1 aromatic carbocycles. The molecule has 2 amide bonds. The zero-order chi connectivity index (χ0) is 16.5. The van der Waals surface area contributed by atoms with Gasteiger partial charge in [-0.15, -0.1) is 11.3 Å². The second-order valence-electron chi connectivity index (χ2n) is 5.69. The van der Waals surface area contributed by atoms with Gasteiger partial charge in [0.15, 0.2) is 11.5 Å². The summed E-state index contributed by atoms with van der Waals surface area (Å²) in [5.41, 5.74) is 0.639. The molecule has 3 heterocycles.